The van der Waals surface area contributed by atoms with Gasteiger partial charge in [-0.15, -0.1) is 0 Å². The molecule has 0 aromatic carbocycles. The molecular formula is C9H8BrN3O3. The Hall–Kier alpha value is -1.47. The van der Waals surface area contributed by atoms with E-state index in [1.807, 2.05) is 0 Å². The second-order valence-corrected chi connectivity index (χ2v) is 4.00. The Labute approximate surface area is 99.0 Å². The van der Waals surface area contributed by atoms with Crippen molar-refractivity contribution in [2.75, 3.05) is 7.11 Å². The minimum Gasteiger partial charge on any atom is -0.477 e. The number of rotatable bonds is 3. The van der Waals surface area contributed by atoms with Gasteiger partial charge in [-0.2, -0.15) is 0 Å². The first kappa shape index (κ1) is 11.0. The molecule has 16 heavy (non-hydrogen) atoms. The predicted octanol–water partition coefficient (Wildman–Crippen LogP) is 1.34. The largest absolute Gasteiger partial charge is 0.477 e. The fourth-order valence-corrected chi connectivity index (χ4v) is 1.73. The Kier molecular flexibility index (Phi) is 2.88. The van der Waals surface area contributed by atoms with Crippen molar-refractivity contribution in [1.82, 2.24) is 14.4 Å². The Morgan fingerprint density at radius 1 is 1.69 bits per heavy atom. The van der Waals surface area contributed by atoms with Crippen LogP contribution in [-0.4, -0.2) is 32.6 Å². The molecule has 7 heteroatoms. The van der Waals surface area contributed by atoms with Crippen LogP contribution in [0.4, 0.5) is 0 Å². The third-order valence-corrected chi connectivity index (χ3v) is 2.41. The van der Waals surface area contributed by atoms with Crippen LogP contribution in [0.2, 0.25) is 0 Å². The van der Waals surface area contributed by atoms with Crippen LogP contribution in [0.25, 0.3) is 5.78 Å². The van der Waals surface area contributed by atoms with Crippen molar-refractivity contribution in [3.05, 3.63) is 28.3 Å². The molecular weight excluding hydrogens is 278 g/mol. The van der Waals surface area contributed by atoms with Gasteiger partial charge in [0.15, 0.2) is 5.69 Å². The van der Waals surface area contributed by atoms with Gasteiger partial charge in [-0.3, -0.25) is 4.40 Å². The van der Waals surface area contributed by atoms with Crippen molar-refractivity contribution in [1.29, 1.82) is 0 Å². The Bertz CT molecular complexity index is 552. The Morgan fingerprint density at radius 2 is 2.44 bits per heavy atom. The van der Waals surface area contributed by atoms with E-state index in [-0.39, 0.29) is 12.3 Å². The average Bonchev–Trinajstić information content (AvgIpc) is 2.55. The number of hydrogen-bond donors (Lipinski definition) is 1. The standard InChI is InChI=1S/C9H8BrN3O3/c1-16-4-6-7(8(14)15)13-3-5(10)2-11-9(13)12-6/h2-3H,4H2,1H3,(H,14,15). The number of carbonyl (C=O) groups is 1. The van der Waals surface area contributed by atoms with E-state index < -0.39 is 5.97 Å². The van der Waals surface area contributed by atoms with E-state index >= 15 is 0 Å². The van der Waals surface area contributed by atoms with Gasteiger partial charge >= 0.3 is 5.97 Å². The molecule has 0 fully saturated rings. The minimum absolute atomic E-state index is 0.0747. The van der Waals surface area contributed by atoms with Crippen molar-refractivity contribution in [3.8, 4) is 0 Å². The molecule has 0 radical (unpaired) electrons. The highest BCUT2D eigenvalue weighted by atomic mass is 79.9. The molecule has 0 spiro atoms. The van der Waals surface area contributed by atoms with Gasteiger partial charge in [0.25, 0.3) is 0 Å². The number of hydrogen-bond acceptors (Lipinski definition) is 4. The van der Waals surface area contributed by atoms with Crippen LogP contribution in [0, 0.1) is 0 Å². The van der Waals surface area contributed by atoms with Gasteiger partial charge in [0.05, 0.1) is 11.1 Å². The number of fused-ring (bicyclic) bond motifs is 1. The number of aromatic nitrogens is 3. The summed E-state index contributed by atoms with van der Waals surface area (Å²) in [6, 6.07) is 0. The molecule has 0 aliphatic rings. The fraction of sp³-hybridized carbons (Fsp3) is 0.222. The average molecular weight is 286 g/mol. The van der Waals surface area contributed by atoms with Crippen molar-refractivity contribution in [2.24, 2.45) is 0 Å². The smallest absolute Gasteiger partial charge is 0.354 e. The summed E-state index contributed by atoms with van der Waals surface area (Å²) < 4.78 is 7.00. The highest BCUT2D eigenvalue weighted by Crippen LogP contribution is 2.15. The zero-order valence-electron chi connectivity index (χ0n) is 8.35. The summed E-state index contributed by atoms with van der Waals surface area (Å²) in [6.07, 6.45) is 3.17. The van der Waals surface area contributed by atoms with Gasteiger partial charge in [-0.1, -0.05) is 0 Å². The quantitative estimate of drug-likeness (QED) is 0.921. The molecule has 0 aliphatic carbocycles. The van der Waals surface area contributed by atoms with Crippen molar-refractivity contribution < 1.29 is 14.6 Å². The molecule has 2 aromatic heterocycles. The number of aromatic carboxylic acids is 1. The van der Waals surface area contributed by atoms with Gasteiger partial charge < -0.3 is 9.84 Å². The lowest BCUT2D eigenvalue weighted by molar-refractivity contribution is 0.0683. The van der Waals surface area contributed by atoms with Crippen LogP contribution in [0.3, 0.4) is 0 Å². The minimum atomic E-state index is -1.06. The summed E-state index contributed by atoms with van der Waals surface area (Å²) in [5, 5.41) is 9.11. The maximum absolute atomic E-state index is 11.1. The van der Waals surface area contributed by atoms with E-state index in [1.165, 1.54) is 11.5 Å². The Morgan fingerprint density at radius 3 is 3.06 bits per heavy atom. The predicted molar refractivity (Wildman–Crippen MR) is 58.4 cm³/mol. The zero-order chi connectivity index (χ0) is 11.7. The van der Waals surface area contributed by atoms with Crippen molar-refractivity contribution >= 4 is 27.7 Å². The highest BCUT2D eigenvalue weighted by Gasteiger charge is 2.18. The van der Waals surface area contributed by atoms with Crippen LogP contribution in [0.15, 0.2) is 16.9 Å². The highest BCUT2D eigenvalue weighted by molar-refractivity contribution is 9.10. The molecule has 0 saturated heterocycles. The van der Waals surface area contributed by atoms with Gasteiger partial charge in [0.2, 0.25) is 5.78 Å². The summed E-state index contributed by atoms with van der Waals surface area (Å²) in [7, 11) is 1.49. The summed E-state index contributed by atoms with van der Waals surface area (Å²) in [4.78, 5) is 19.2. The van der Waals surface area contributed by atoms with Crippen molar-refractivity contribution in [2.45, 2.75) is 6.61 Å². The van der Waals surface area contributed by atoms with Gasteiger partial charge in [-0.25, -0.2) is 14.8 Å². The monoisotopic (exact) mass is 285 g/mol. The number of ether oxygens (including phenoxy) is 1. The summed E-state index contributed by atoms with van der Waals surface area (Å²) in [5.41, 5.74) is 0.436. The molecule has 0 aliphatic heterocycles. The van der Waals surface area contributed by atoms with E-state index in [1.54, 1.807) is 12.4 Å². The lowest BCUT2D eigenvalue weighted by Crippen LogP contribution is -2.06. The molecule has 1 N–H and O–H groups in total. The molecule has 2 aromatic rings. The van der Waals surface area contributed by atoms with Gasteiger partial charge in [0, 0.05) is 19.5 Å². The lowest BCUT2D eigenvalue weighted by Gasteiger charge is -1.98. The van der Waals surface area contributed by atoms with Gasteiger partial charge in [-0.05, 0) is 15.9 Å². The van der Waals surface area contributed by atoms with Crippen LogP contribution in [0.5, 0.6) is 0 Å². The number of carboxylic acids is 1. The number of nitrogens with zero attached hydrogens (tertiary/aromatic N) is 3. The zero-order valence-corrected chi connectivity index (χ0v) is 9.93. The molecule has 0 unspecified atom stereocenters. The van der Waals surface area contributed by atoms with Crippen LogP contribution in [0.1, 0.15) is 16.2 Å². The molecule has 0 amide bonds. The Balaban J connectivity index is 2.72. The summed E-state index contributed by atoms with van der Waals surface area (Å²) in [5.74, 6) is -0.716. The summed E-state index contributed by atoms with van der Waals surface area (Å²) >= 11 is 3.23. The molecule has 2 rings (SSSR count). The van der Waals surface area contributed by atoms with Crippen LogP contribution >= 0.6 is 15.9 Å². The van der Waals surface area contributed by atoms with E-state index in [4.69, 9.17) is 9.84 Å². The number of halogens is 1. The molecule has 0 saturated carbocycles. The lowest BCUT2D eigenvalue weighted by atomic mass is 10.3. The second-order valence-electron chi connectivity index (χ2n) is 3.09. The number of imidazole rings is 1. The maximum Gasteiger partial charge on any atom is 0.354 e. The van der Waals surface area contributed by atoms with Crippen LogP contribution in [-0.2, 0) is 11.3 Å². The normalized spacial score (nSPS) is 10.9. The van der Waals surface area contributed by atoms with Crippen LogP contribution < -0.4 is 0 Å². The fourth-order valence-electron chi connectivity index (χ4n) is 1.42. The van der Waals surface area contributed by atoms with E-state index in [0.717, 1.165) is 0 Å². The van der Waals surface area contributed by atoms with Gasteiger partial charge in [0.1, 0.15) is 5.69 Å². The number of carboxylic acid groups (broad SMARTS) is 1. The maximum atomic E-state index is 11.1. The molecule has 0 atom stereocenters. The van der Waals surface area contributed by atoms with E-state index in [9.17, 15) is 4.79 Å². The second kappa shape index (κ2) is 4.18. The summed E-state index contributed by atoms with van der Waals surface area (Å²) in [6.45, 7) is 0.141. The topological polar surface area (TPSA) is 76.7 Å². The first-order valence-corrected chi connectivity index (χ1v) is 5.17. The molecule has 6 nitrogen and oxygen atoms in total. The number of methoxy groups -OCH3 is 1. The molecule has 2 heterocycles. The third kappa shape index (κ3) is 1.79. The SMILES string of the molecule is COCc1nc2ncc(Br)cn2c1C(=O)O. The first-order valence-electron chi connectivity index (χ1n) is 4.38. The molecule has 0 bridgehead atoms. The third-order valence-electron chi connectivity index (χ3n) is 2.00. The van der Waals surface area contributed by atoms with E-state index in [2.05, 4.69) is 25.9 Å². The molecule has 84 valence electrons. The first-order chi connectivity index (χ1) is 7.63. The van der Waals surface area contributed by atoms with Crippen molar-refractivity contribution in [3.63, 3.8) is 0 Å². The van der Waals surface area contributed by atoms with E-state index in [0.29, 0.717) is 15.9 Å².